The van der Waals surface area contributed by atoms with Gasteiger partial charge in [0.2, 0.25) is 5.91 Å². The van der Waals surface area contributed by atoms with Gasteiger partial charge in [-0.15, -0.1) is 0 Å². The van der Waals surface area contributed by atoms with Gasteiger partial charge in [0.05, 0.1) is 0 Å². The summed E-state index contributed by atoms with van der Waals surface area (Å²) >= 11 is 0. The van der Waals surface area contributed by atoms with Crippen LogP contribution in [0, 0.1) is 17.8 Å². The lowest BCUT2D eigenvalue weighted by molar-refractivity contribution is -0.136. The van der Waals surface area contributed by atoms with E-state index in [1.54, 1.807) is 0 Å². The van der Waals surface area contributed by atoms with Crippen molar-refractivity contribution in [2.45, 2.75) is 38.1 Å². The highest BCUT2D eigenvalue weighted by Gasteiger charge is 2.41. The van der Waals surface area contributed by atoms with E-state index in [0.29, 0.717) is 11.8 Å². The highest BCUT2D eigenvalue weighted by atomic mass is 16.2. The molecule has 2 aliphatic carbocycles. The molecule has 2 bridgehead atoms. The highest BCUT2D eigenvalue weighted by Crippen LogP contribution is 2.49. The molecule has 0 aromatic rings. The van der Waals surface area contributed by atoms with Crippen LogP contribution in [0.5, 0.6) is 0 Å². The maximum absolute atomic E-state index is 11.9. The van der Waals surface area contributed by atoms with Crippen molar-refractivity contribution in [3.05, 3.63) is 0 Å². The first-order valence-corrected chi connectivity index (χ1v) is 6.25. The minimum Gasteiger partial charge on any atom is -0.339 e. The van der Waals surface area contributed by atoms with Crippen molar-refractivity contribution in [3.8, 4) is 0 Å². The summed E-state index contributed by atoms with van der Waals surface area (Å²) in [6, 6.07) is 0.244. The SMILES string of the molecule is NC1CN(C(=O)CC2CC3CCC2C3)C1. The van der Waals surface area contributed by atoms with Gasteiger partial charge in [-0.25, -0.2) is 0 Å². The fourth-order valence-electron chi connectivity index (χ4n) is 3.70. The van der Waals surface area contributed by atoms with Gasteiger partial charge in [-0.3, -0.25) is 4.79 Å². The molecule has 3 fully saturated rings. The van der Waals surface area contributed by atoms with Crippen LogP contribution in [0.15, 0.2) is 0 Å². The van der Waals surface area contributed by atoms with Crippen molar-refractivity contribution < 1.29 is 4.79 Å². The molecule has 1 heterocycles. The number of rotatable bonds is 2. The van der Waals surface area contributed by atoms with Crippen LogP contribution in [0.4, 0.5) is 0 Å². The number of carbonyl (C=O) groups is 1. The van der Waals surface area contributed by atoms with Gasteiger partial charge in [0.15, 0.2) is 0 Å². The second kappa shape index (κ2) is 3.48. The maximum atomic E-state index is 11.9. The van der Waals surface area contributed by atoms with E-state index in [-0.39, 0.29) is 6.04 Å². The Kier molecular flexibility index (Phi) is 2.23. The Bertz CT molecular complexity index is 273. The Morgan fingerprint density at radius 2 is 2.07 bits per heavy atom. The molecule has 1 amide bonds. The quantitative estimate of drug-likeness (QED) is 0.735. The zero-order valence-corrected chi connectivity index (χ0v) is 9.19. The number of nitrogens with zero attached hydrogens (tertiary/aromatic N) is 1. The molecule has 3 heteroatoms. The van der Waals surface area contributed by atoms with Gasteiger partial charge in [0.1, 0.15) is 0 Å². The molecule has 3 nitrogen and oxygen atoms in total. The fourth-order valence-corrected chi connectivity index (χ4v) is 3.70. The second-order valence-corrected chi connectivity index (χ2v) is 5.70. The normalized spacial score (nSPS) is 39.5. The third-order valence-corrected chi connectivity index (χ3v) is 4.58. The Labute approximate surface area is 91.0 Å². The van der Waals surface area contributed by atoms with Crippen molar-refractivity contribution in [3.63, 3.8) is 0 Å². The Balaban J connectivity index is 1.51. The maximum Gasteiger partial charge on any atom is 0.222 e. The minimum atomic E-state index is 0.244. The first-order valence-electron chi connectivity index (χ1n) is 6.25. The van der Waals surface area contributed by atoms with Crippen LogP contribution in [0.3, 0.4) is 0 Å². The third-order valence-electron chi connectivity index (χ3n) is 4.58. The zero-order valence-electron chi connectivity index (χ0n) is 9.19. The molecule has 1 aliphatic heterocycles. The Morgan fingerprint density at radius 3 is 2.60 bits per heavy atom. The molecule has 15 heavy (non-hydrogen) atoms. The molecular weight excluding hydrogens is 188 g/mol. The summed E-state index contributed by atoms with van der Waals surface area (Å²) in [6.45, 7) is 1.58. The number of fused-ring (bicyclic) bond motifs is 2. The van der Waals surface area contributed by atoms with E-state index in [1.165, 1.54) is 25.7 Å². The van der Waals surface area contributed by atoms with Gasteiger partial charge >= 0.3 is 0 Å². The molecule has 84 valence electrons. The fraction of sp³-hybridized carbons (Fsp3) is 0.917. The number of likely N-dealkylation sites (tertiary alicyclic amines) is 1. The van der Waals surface area contributed by atoms with E-state index in [0.717, 1.165) is 31.3 Å². The van der Waals surface area contributed by atoms with Gasteiger partial charge in [-0.05, 0) is 37.0 Å². The molecule has 2 saturated carbocycles. The lowest BCUT2D eigenvalue weighted by atomic mass is 9.86. The monoisotopic (exact) mass is 208 g/mol. The van der Waals surface area contributed by atoms with Crippen LogP contribution >= 0.6 is 0 Å². The van der Waals surface area contributed by atoms with Gasteiger partial charge in [0, 0.05) is 25.6 Å². The standard InChI is InChI=1S/C12H20N2O/c13-11-6-14(7-11)12(15)5-10-4-8-1-2-9(10)3-8/h8-11H,1-7,13H2. The van der Waals surface area contributed by atoms with Crippen LogP contribution < -0.4 is 5.73 Å². The van der Waals surface area contributed by atoms with E-state index in [1.807, 2.05) is 4.90 Å². The summed E-state index contributed by atoms with van der Waals surface area (Å²) < 4.78 is 0. The lowest BCUT2D eigenvalue weighted by Crippen LogP contribution is -2.58. The summed E-state index contributed by atoms with van der Waals surface area (Å²) in [4.78, 5) is 13.8. The predicted octanol–water partition coefficient (Wildman–Crippen LogP) is 0.982. The third kappa shape index (κ3) is 1.67. The number of nitrogens with two attached hydrogens (primary N) is 1. The molecule has 1 saturated heterocycles. The molecule has 0 spiro atoms. The van der Waals surface area contributed by atoms with Crippen molar-refractivity contribution in [2.24, 2.45) is 23.5 Å². The molecule has 3 aliphatic rings. The average molecular weight is 208 g/mol. The van der Waals surface area contributed by atoms with Crippen molar-refractivity contribution >= 4 is 5.91 Å². The smallest absolute Gasteiger partial charge is 0.222 e. The number of amides is 1. The summed E-state index contributed by atoms with van der Waals surface area (Å²) in [5.74, 6) is 2.88. The summed E-state index contributed by atoms with van der Waals surface area (Å²) in [6.07, 6.45) is 6.31. The first-order chi connectivity index (χ1) is 7.22. The van der Waals surface area contributed by atoms with E-state index < -0.39 is 0 Å². The van der Waals surface area contributed by atoms with Crippen LogP contribution in [0.25, 0.3) is 0 Å². The van der Waals surface area contributed by atoms with Gasteiger partial charge in [0.25, 0.3) is 0 Å². The molecule has 0 radical (unpaired) electrons. The molecule has 3 atom stereocenters. The first kappa shape index (κ1) is 9.64. The summed E-state index contributed by atoms with van der Waals surface area (Å²) in [5.41, 5.74) is 5.68. The molecule has 2 N–H and O–H groups in total. The molecule has 0 aromatic carbocycles. The van der Waals surface area contributed by atoms with E-state index in [9.17, 15) is 4.79 Å². The lowest BCUT2D eigenvalue weighted by Gasteiger charge is -2.38. The van der Waals surface area contributed by atoms with E-state index >= 15 is 0 Å². The summed E-state index contributed by atoms with van der Waals surface area (Å²) in [5, 5.41) is 0. The number of hydrogen-bond donors (Lipinski definition) is 1. The second-order valence-electron chi connectivity index (χ2n) is 5.70. The molecule has 0 aromatic heterocycles. The van der Waals surface area contributed by atoms with E-state index in [2.05, 4.69) is 0 Å². The van der Waals surface area contributed by atoms with Crippen LogP contribution in [0.1, 0.15) is 32.1 Å². The zero-order chi connectivity index (χ0) is 10.4. The van der Waals surface area contributed by atoms with Gasteiger partial charge in [-0.2, -0.15) is 0 Å². The molecular formula is C12H20N2O. The number of hydrogen-bond acceptors (Lipinski definition) is 2. The Morgan fingerprint density at radius 1 is 1.27 bits per heavy atom. The van der Waals surface area contributed by atoms with Gasteiger partial charge < -0.3 is 10.6 Å². The van der Waals surface area contributed by atoms with Crippen molar-refractivity contribution in [1.29, 1.82) is 0 Å². The molecule has 3 rings (SSSR count). The Hall–Kier alpha value is -0.570. The van der Waals surface area contributed by atoms with Crippen LogP contribution in [-0.4, -0.2) is 29.9 Å². The van der Waals surface area contributed by atoms with Crippen LogP contribution in [0.2, 0.25) is 0 Å². The molecule has 3 unspecified atom stereocenters. The topological polar surface area (TPSA) is 46.3 Å². The van der Waals surface area contributed by atoms with Crippen molar-refractivity contribution in [1.82, 2.24) is 4.90 Å². The highest BCUT2D eigenvalue weighted by molar-refractivity contribution is 5.77. The van der Waals surface area contributed by atoms with Crippen molar-refractivity contribution in [2.75, 3.05) is 13.1 Å². The minimum absolute atomic E-state index is 0.244. The van der Waals surface area contributed by atoms with E-state index in [4.69, 9.17) is 5.73 Å². The number of carbonyl (C=O) groups excluding carboxylic acids is 1. The largest absolute Gasteiger partial charge is 0.339 e. The summed E-state index contributed by atoms with van der Waals surface area (Å²) in [7, 11) is 0. The van der Waals surface area contributed by atoms with Crippen LogP contribution in [-0.2, 0) is 4.79 Å². The predicted molar refractivity (Wildman–Crippen MR) is 58.1 cm³/mol. The average Bonchev–Trinajstić information content (AvgIpc) is 2.73. The van der Waals surface area contributed by atoms with Gasteiger partial charge in [-0.1, -0.05) is 6.42 Å².